The molecule has 0 aliphatic heterocycles. The minimum absolute atomic E-state index is 0.501. The highest BCUT2D eigenvalue weighted by atomic mass is 32.2. The van der Waals surface area contributed by atoms with E-state index in [4.69, 9.17) is 4.42 Å². The number of rotatable bonds is 2. The van der Waals surface area contributed by atoms with Crippen molar-refractivity contribution in [2.24, 2.45) is 0 Å². The maximum Gasteiger partial charge on any atom is 0.160 e. The molecule has 0 aliphatic carbocycles. The van der Waals surface area contributed by atoms with E-state index in [2.05, 4.69) is 13.8 Å². The van der Waals surface area contributed by atoms with Crippen LogP contribution in [0.15, 0.2) is 21.6 Å². The van der Waals surface area contributed by atoms with Crippen molar-refractivity contribution in [3.63, 3.8) is 0 Å². The van der Waals surface area contributed by atoms with Crippen molar-refractivity contribution in [1.29, 1.82) is 0 Å². The minimum atomic E-state index is 0.501. The molecule has 0 aliphatic rings. The van der Waals surface area contributed by atoms with Crippen LogP contribution in [0.4, 0.5) is 0 Å². The minimum Gasteiger partial charge on any atom is -0.455 e. The molecule has 0 N–H and O–H groups in total. The van der Waals surface area contributed by atoms with E-state index in [1.807, 2.05) is 18.4 Å². The van der Waals surface area contributed by atoms with E-state index in [0.717, 1.165) is 10.9 Å². The van der Waals surface area contributed by atoms with Gasteiger partial charge in [0.05, 0.1) is 0 Å². The molecule has 0 saturated heterocycles. The Labute approximate surface area is 65.8 Å². The SMILES string of the molecule is CSc1ccc(C(C)C)o1. The summed E-state index contributed by atoms with van der Waals surface area (Å²) < 4.78 is 5.46. The lowest BCUT2D eigenvalue weighted by Gasteiger charge is -1.96. The molecule has 0 aromatic carbocycles. The quantitative estimate of drug-likeness (QED) is 0.610. The van der Waals surface area contributed by atoms with Crippen molar-refractivity contribution in [3.8, 4) is 0 Å². The van der Waals surface area contributed by atoms with E-state index in [9.17, 15) is 0 Å². The molecule has 10 heavy (non-hydrogen) atoms. The van der Waals surface area contributed by atoms with Gasteiger partial charge in [-0.3, -0.25) is 0 Å². The van der Waals surface area contributed by atoms with Crippen molar-refractivity contribution in [3.05, 3.63) is 17.9 Å². The predicted octanol–water partition coefficient (Wildman–Crippen LogP) is 3.12. The van der Waals surface area contributed by atoms with Crippen LogP contribution in [-0.2, 0) is 0 Å². The second-order valence-corrected chi connectivity index (χ2v) is 3.33. The van der Waals surface area contributed by atoms with E-state index in [1.54, 1.807) is 11.8 Å². The molecule has 1 nitrogen and oxygen atoms in total. The summed E-state index contributed by atoms with van der Waals surface area (Å²) in [7, 11) is 0. The first-order chi connectivity index (χ1) is 4.74. The predicted molar refractivity (Wildman–Crippen MR) is 44.6 cm³/mol. The molecule has 0 saturated carbocycles. The Morgan fingerprint density at radius 1 is 1.40 bits per heavy atom. The summed E-state index contributed by atoms with van der Waals surface area (Å²) in [6, 6.07) is 4.05. The van der Waals surface area contributed by atoms with Crippen molar-refractivity contribution in [2.75, 3.05) is 6.26 Å². The van der Waals surface area contributed by atoms with Gasteiger partial charge in [0, 0.05) is 5.92 Å². The lowest BCUT2D eigenvalue weighted by Crippen LogP contribution is -1.79. The topological polar surface area (TPSA) is 13.1 Å². The van der Waals surface area contributed by atoms with Gasteiger partial charge in [0.2, 0.25) is 0 Å². The van der Waals surface area contributed by atoms with Crippen molar-refractivity contribution < 1.29 is 4.42 Å². The fraction of sp³-hybridized carbons (Fsp3) is 0.500. The highest BCUT2D eigenvalue weighted by Crippen LogP contribution is 2.22. The first-order valence-electron chi connectivity index (χ1n) is 3.37. The summed E-state index contributed by atoms with van der Waals surface area (Å²) in [5.74, 6) is 1.57. The van der Waals surface area contributed by atoms with Gasteiger partial charge in [-0.2, -0.15) is 0 Å². The molecular formula is C8H12OS. The Kier molecular flexibility index (Phi) is 2.44. The first-order valence-corrected chi connectivity index (χ1v) is 4.60. The molecule has 0 bridgehead atoms. The van der Waals surface area contributed by atoms with Crippen LogP contribution in [0, 0.1) is 0 Å². The van der Waals surface area contributed by atoms with Crippen LogP contribution in [0.1, 0.15) is 25.5 Å². The molecule has 0 amide bonds. The van der Waals surface area contributed by atoms with Gasteiger partial charge in [-0.05, 0) is 18.4 Å². The second-order valence-electron chi connectivity index (χ2n) is 2.52. The molecule has 56 valence electrons. The molecule has 0 radical (unpaired) electrons. The fourth-order valence-electron chi connectivity index (χ4n) is 0.754. The Morgan fingerprint density at radius 2 is 2.10 bits per heavy atom. The Balaban J connectivity index is 2.78. The van der Waals surface area contributed by atoms with Crippen LogP contribution < -0.4 is 0 Å². The lowest BCUT2D eigenvalue weighted by molar-refractivity contribution is 0.416. The highest BCUT2D eigenvalue weighted by molar-refractivity contribution is 7.98. The number of hydrogen-bond donors (Lipinski definition) is 0. The summed E-state index contributed by atoms with van der Waals surface area (Å²) >= 11 is 1.64. The average Bonchev–Trinajstić information content (AvgIpc) is 2.34. The third-order valence-corrected chi connectivity index (χ3v) is 1.99. The van der Waals surface area contributed by atoms with Gasteiger partial charge in [0.25, 0.3) is 0 Å². The molecular weight excluding hydrogens is 144 g/mol. The zero-order valence-electron chi connectivity index (χ0n) is 6.55. The monoisotopic (exact) mass is 156 g/mol. The summed E-state index contributed by atoms with van der Waals surface area (Å²) in [5, 5.41) is 1.00. The summed E-state index contributed by atoms with van der Waals surface area (Å²) in [5.41, 5.74) is 0. The zero-order chi connectivity index (χ0) is 7.56. The third kappa shape index (κ3) is 1.57. The molecule has 0 atom stereocenters. The molecule has 1 rings (SSSR count). The summed E-state index contributed by atoms with van der Waals surface area (Å²) in [4.78, 5) is 0. The van der Waals surface area contributed by atoms with Crippen LogP contribution in [0.5, 0.6) is 0 Å². The second kappa shape index (κ2) is 3.15. The Morgan fingerprint density at radius 3 is 2.40 bits per heavy atom. The van der Waals surface area contributed by atoms with Gasteiger partial charge >= 0.3 is 0 Å². The molecule has 1 aromatic rings. The standard InChI is InChI=1S/C8H12OS/c1-6(2)7-4-5-8(9-7)10-3/h4-6H,1-3H3. The van der Waals surface area contributed by atoms with E-state index in [0.29, 0.717) is 5.92 Å². The van der Waals surface area contributed by atoms with Crippen LogP contribution in [0.25, 0.3) is 0 Å². The van der Waals surface area contributed by atoms with Gasteiger partial charge in [-0.25, -0.2) is 0 Å². The first kappa shape index (κ1) is 7.73. The summed E-state index contributed by atoms with van der Waals surface area (Å²) in [6.45, 7) is 4.26. The van der Waals surface area contributed by atoms with Crippen LogP contribution >= 0.6 is 11.8 Å². The van der Waals surface area contributed by atoms with Gasteiger partial charge < -0.3 is 4.42 Å². The smallest absolute Gasteiger partial charge is 0.160 e. The van der Waals surface area contributed by atoms with Crippen LogP contribution in [-0.4, -0.2) is 6.26 Å². The van der Waals surface area contributed by atoms with E-state index < -0.39 is 0 Å². The van der Waals surface area contributed by atoms with Crippen LogP contribution in [0.3, 0.4) is 0 Å². The van der Waals surface area contributed by atoms with Gasteiger partial charge in [0.15, 0.2) is 5.09 Å². The molecule has 0 fully saturated rings. The number of furan rings is 1. The van der Waals surface area contributed by atoms with E-state index in [1.165, 1.54) is 0 Å². The van der Waals surface area contributed by atoms with E-state index in [-0.39, 0.29) is 0 Å². The fourth-order valence-corrected chi connectivity index (χ4v) is 1.14. The van der Waals surface area contributed by atoms with Crippen LogP contribution in [0.2, 0.25) is 0 Å². The van der Waals surface area contributed by atoms with Gasteiger partial charge in [0.1, 0.15) is 5.76 Å². The molecule has 1 heterocycles. The summed E-state index contributed by atoms with van der Waals surface area (Å²) in [6.07, 6.45) is 2.02. The van der Waals surface area contributed by atoms with Gasteiger partial charge in [-0.15, -0.1) is 0 Å². The number of hydrogen-bond acceptors (Lipinski definition) is 2. The van der Waals surface area contributed by atoms with E-state index >= 15 is 0 Å². The molecule has 2 heteroatoms. The Bertz CT molecular complexity index is 203. The van der Waals surface area contributed by atoms with Gasteiger partial charge in [-0.1, -0.05) is 25.6 Å². The van der Waals surface area contributed by atoms with Crippen molar-refractivity contribution in [1.82, 2.24) is 0 Å². The number of thioether (sulfide) groups is 1. The largest absolute Gasteiger partial charge is 0.455 e. The highest BCUT2D eigenvalue weighted by Gasteiger charge is 2.03. The molecule has 0 spiro atoms. The molecule has 1 aromatic heterocycles. The normalized spacial score (nSPS) is 10.8. The maximum atomic E-state index is 5.46. The third-order valence-electron chi connectivity index (χ3n) is 1.37. The molecule has 0 unspecified atom stereocenters. The zero-order valence-corrected chi connectivity index (χ0v) is 7.37. The average molecular weight is 156 g/mol. The van der Waals surface area contributed by atoms with Crippen molar-refractivity contribution >= 4 is 11.8 Å². The lowest BCUT2D eigenvalue weighted by atomic mass is 10.2. The van der Waals surface area contributed by atoms with Crippen molar-refractivity contribution in [2.45, 2.75) is 24.9 Å². The Hall–Kier alpha value is -0.370. The maximum absolute atomic E-state index is 5.46.